The van der Waals surface area contributed by atoms with Crippen LogP contribution in [0, 0.1) is 0 Å². The van der Waals surface area contributed by atoms with E-state index in [1.807, 2.05) is 25.6 Å². The number of amides is 1. The number of hydrogen-bond donors (Lipinski definition) is 3. The number of thioether (sulfide) groups is 1. The lowest BCUT2D eigenvalue weighted by molar-refractivity contribution is -0.119. The average Bonchev–Trinajstić information content (AvgIpc) is 2.36. The van der Waals surface area contributed by atoms with Gasteiger partial charge in [-0.15, -0.1) is 0 Å². The van der Waals surface area contributed by atoms with Crippen molar-refractivity contribution in [2.24, 2.45) is 4.99 Å². The highest BCUT2D eigenvalue weighted by Gasteiger charge is 2.00. The molecule has 0 rings (SSSR count). The van der Waals surface area contributed by atoms with Gasteiger partial charge in [0.05, 0.1) is 0 Å². The molecule has 0 unspecified atom stereocenters. The molecule has 1 amide bonds. The molecule has 18 heavy (non-hydrogen) atoms. The minimum absolute atomic E-state index is 0.0444. The summed E-state index contributed by atoms with van der Waals surface area (Å²) >= 11 is 1.86. The minimum Gasteiger partial charge on any atom is -0.357 e. The second kappa shape index (κ2) is 12.5. The highest BCUT2D eigenvalue weighted by molar-refractivity contribution is 7.98. The first-order valence-electron chi connectivity index (χ1n) is 6.52. The maximum absolute atomic E-state index is 11.3. The number of rotatable bonds is 9. The van der Waals surface area contributed by atoms with Crippen LogP contribution in [0.1, 0.15) is 26.7 Å². The van der Waals surface area contributed by atoms with E-state index in [-0.39, 0.29) is 12.5 Å². The highest BCUT2D eigenvalue weighted by Crippen LogP contribution is 1.97. The summed E-state index contributed by atoms with van der Waals surface area (Å²) < 4.78 is 0. The molecule has 0 aromatic heterocycles. The number of aliphatic imine (C=N–C) groups is 1. The van der Waals surface area contributed by atoms with Crippen molar-refractivity contribution in [2.45, 2.75) is 26.7 Å². The van der Waals surface area contributed by atoms with Gasteiger partial charge in [0.2, 0.25) is 5.91 Å². The summed E-state index contributed by atoms with van der Waals surface area (Å²) in [5.41, 5.74) is 0. The zero-order valence-corrected chi connectivity index (χ0v) is 12.5. The fourth-order valence-corrected chi connectivity index (χ4v) is 1.82. The third-order valence-corrected chi connectivity index (χ3v) is 2.86. The van der Waals surface area contributed by atoms with Crippen LogP contribution >= 0.6 is 11.8 Å². The van der Waals surface area contributed by atoms with Crippen LogP contribution in [-0.4, -0.2) is 50.1 Å². The van der Waals surface area contributed by atoms with Crippen LogP contribution in [0.15, 0.2) is 4.99 Å². The Morgan fingerprint density at radius 3 is 2.44 bits per heavy atom. The summed E-state index contributed by atoms with van der Waals surface area (Å²) in [7, 11) is 0. The quantitative estimate of drug-likeness (QED) is 0.331. The number of guanidine groups is 1. The Morgan fingerprint density at radius 2 is 1.83 bits per heavy atom. The normalized spacial score (nSPS) is 11.2. The summed E-state index contributed by atoms with van der Waals surface area (Å²) in [6, 6.07) is 0. The van der Waals surface area contributed by atoms with Gasteiger partial charge in [0.15, 0.2) is 5.96 Å². The van der Waals surface area contributed by atoms with E-state index < -0.39 is 0 Å². The molecule has 0 bridgehead atoms. The predicted molar refractivity (Wildman–Crippen MR) is 80.3 cm³/mol. The summed E-state index contributed by atoms with van der Waals surface area (Å²) in [5, 5.41) is 9.07. The van der Waals surface area contributed by atoms with Gasteiger partial charge in [-0.1, -0.05) is 0 Å². The number of nitrogens with zero attached hydrogens (tertiary/aromatic N) is 1. The Balaban J connectivity index is 3.89. The van der Waals surface area contributed by atoms with Crippen molar-refractivity contribution >= 4 is 23.6 Å². The summed E-state index contributed by atoms with van der Waals surface area (Å²) in [6.07, 6.45) is 4.43. The summed E-state index contributed by atoms with van der Waals surface area (Å²) in [4.78, 5) is 15.5. The van der Waals surface area contributed by atoms with Gasteiger partial charge in [0, 0.05) is 19.6 Å². The Morgan fingerprint density at radius 1 is 1.11 bits per heavy atom. The first-order chi connectivity index (χ1) is 8.74. The SMILES string of the molecule is CCNC(=O)CN=C(NCC)NCCCCSC. The lowest BCUT2D eigenvalue weighted by Gasteiger charge is -2.10. The van der Waals surface area contributed by atoms with E-state index in [1.165, 1.54) is 12.2 Å². The summed E-state index contributed by atoms with van der Waals surface area (Å²) in [5.74, 6) is 1.86. The van der Waals surface area contributed by atoms with Gasteiger partial charge in [-0.2, -0.15) is 11.8 Å². The predicted octanol–water partition coefficient (Wildman–Crippen LogP) is 0.821. The second-order valence-electron chi connectivity index (χ2n) is 3.78. The molecule has 0 aromatic rings. The van der Waals surface area contributed by atoms with Gasteiger partial charge < -0.3 is 16.0 Å². The first-order valence-corrected chi connectivity index (χ1v) is 7.91. The van der Waals surface area contributed by atoms with Crippen molar-refractivity contribution < 1.29 is 4.79 Å². The van der Waals surface area contributed by atoms with Crippen LogP contribution in [0.5, 0.6) is 0 Å². The van der Waals surface area contributed by atoms with E-state index in [0.717, 1.165) is 19.5 Å². The van der Waals surface area contributed by atoms with Gasteiger partial charge in [-0.25, -0.2) is 4.99 Å². The molecule has 0 radical (unpaired) electrons. The average molecular weight is 274 g/mol. The van der Waals surface area contributed by atoms with Crippen LogP contribution in [0.2, 0.25) is 0 Å². The molecule has 0 aliphatic heterocycles. The maximum Gasteiger partial charge on any atom is 0.241 e. The molecular formula is C12H26N4OS. The number of likely N-dealkylation sites (N-methyl/N-ethyl adjacent to an activating group) is 1. The first kappa shape index (κ1) is 17.1. The van der Waals surface area contributed by atoms with E-state index in [2.05, 4.69) is 27.2 Å². The molecular weight excluding hydrogens is 248 g/mol. The zero-order chi connectivity index (χ0) is 13.6. The lowest BCUT2D eigenvalue weighted by Crippen LogP contribution is -2.39. The lowest BCUT2D eigenvalue weighted by atomic mass is 10.3. The molecule has 0 heterocycles. The molecule has 3 N–H and O–H groups in total. The fraction of sp³-hybridized carbons (Fsp3) is 0.833. The molecule has 0 aromatic carbocycles. The van der Waals surface area contributed by atoms with Crippen LogP contribution in [0.3, 0.4) is 0 Å². The number of carbonyl (C=O) groups is 1. The van der Waals surface area contributed by atoms with Crippen LogP contribution in [0.4, 0.5) is 0 Å². The molecule has 6 heteroatoms. The molecule has 106 valence electrons. The Hall–Kier alpha value is -0.910. The zero-order valence-electron chi connectivity index (χ0n) is 11.7. The minimum atomic E-state index is -0.0444. The molecule has 0 spiro atoms. The molecule has 0 fully saturated rings. The van der Waals surface area contributed by atoms with E-state index in [9.17, 15) is 4.79 Å². The monoisotopic (exact) mass is 274 g/mol. The third kappa shape index (κ3) is 10.3. The third-order valence-electron chi connectivity index (χ3n) is 2.17. The fourth-order valence-electron chi connectivity index (χ4n) is 1.32. The van der Waals surface area contributed by atoms with Gasteiger partial charge in [0.25, 0.3) is 0 Å². The Bertz CT molecular complexity index is 246. The van der Waals surface area contributed by atoms with E-state index in [0.29, 0.717) is 12.5 Å². The van der Waals surface area contributed by atoms with Crippen molar-refractivity contribution in [2.75, 3.05) is 38.2 Å². The topological polar surface area (TPSA) is 65.5 Å². The van der Waals surface area contributed by atoms with Gasteiger partial charge in [-0.05, 0) is 38.7 Å². The molecule has 0 aliphatic carbocycles. The van der Waals surface area contributed by atoms with Crippen LogP contribution in [-0.2, 0) is 4.79 Å². The van der Waals surface area contributed by atoms with Crippen molar-refractivity contribution in [1.82, 2.24) is 16.0 Å². The van der Waals surface area contributed by atoms with Crippen molar-refractivity contribution in [3.05, 3.63) is 0 Å². The number of unbranched alkanes of at least 4 members (excludes halogenated alkanes) is 1. The molecule has 0 saturated heterocycles. The maximum atomic E-state index is 11.3. The second-order valence-corrected chi connectivity index (χ2v) is 4.76. The Labute approximate surface area is 115 Å². The Kier molecular flexibility index (Phi) is 11.9. The number of nitrogens with one attached hydrogen (secondary N) is 3. The highest BCUT2D eigenvalue weighted by atomic mass is 32.2. The van der Waals surface area contributed by atoms with Crippen LogP contribution in [0.25, 0.3) is 0 Å². The standard InChI is InChI=1S/C12H26N4OS/c1-4-13-11(17)10-16-12(14-5-2)15-8-6-7-9-18-3/h4-10H2,1-3H3,(H,13,17)(H2,14,15,16). The smallest absolute Gasteiger partial charge is 0.241 e. The number of hydrogen-bond acceptors (Lipinski definition) is 3. The van der Waals surface area contributed by atoms with Crippen molar-refractivity contribution in [3.8, 4) is 0 Å². The van der Waals surface area contributed by atoms with E-state index in [1.54, 1.807) is 0 Å². The van der Waals surface area contributed by atoms with E-state index >= 15 is 0 Å². The van der Waals surface area contributed by atoms with Crippen molar-refractivity contribution in [1.29, 1.82) is 0 Å². The molecule has 0 saturated carbocycles. The molecule has 0 aliphatic rings. The molecule has 5 nitrogen and oxygen atoms in total. The van der Waals surface area contributed by atoms with Gasteiger partial charge in [-0.3, -0.25) is 4.79 Å². The van der Waals surface area contributed by atoms with Gasteiger partial charge in [0.1, 0.15) is 6.54 Å². The van der Waals surface area contributed by atoms with Crippen molar-refractivity contribution in [3.63, 3.8) is 0 Å². The summed E-state index contributed by atoms with van der Waals surface area (Å²) in [6.45, 7) is 6.42. The molecule has 0 atom stereocenters. The number of carbonyl (C=O) groups excluding carboxylic acids is 1. The van der Waals surface area contributed by atoms with Gasteiger partial charge >= 0.3 is 0 Å². The van der Waals surface area contributed by atoms with E-state index in [4.69, 9.17) is 0 Å². The largest absolute Gasteiger partial charge is 0.357 e. The van der Waals surface area contributed by atoms with Crippen LogP contribution < -0.4 is 16.0 Å².